The molecule has 2 spiro atoms. The fraction of sp³-hybridized carbons (Fsp3) is 0.867. The zero-order valence-corrected chi connectivity index (χ0v) is 21.4. The Morgan fingerprint density at radius 2 is 1.58 bits per heavy atom. The van der Waals surface area contributed by atoms with Crippen molar-refractivity contribution in [1.29, 1.82) is 0 Å². The van der Waals surface area contributed by atoms with Gasteiger partial charge in [0.2, 0.25) is 0 Å². The molecular weight excluding hydrogens is 376 g/mol. The molecule has 0 radical (unpaired) electrons. The third-order valence-corrected chi connectivity index (χ3v) is 12.5. The van der Waals surface area contributed by atoms with E-state index in [4.69, 9.17) is 0 Å². The number of aliphatic hydroxyl groups excluding tert-OH is 1. The molecular formula is C30H48O. The fourth-order valence-corrected chi connectivity index (χ4v) is 10.6. The summed E-state index contributed by atoms with van der Waals surface area (Å²) in [6, 6.07) is 0. The van der Waals surface area contributed by atoms with Gasteiger partial charge in [0.15, 0.2) is 0 Å². The van der Waals surface area contributed by atoms with Crippen LogP contribution in [0.15, 0.2) is 23.3 Å². The molecule has 5 aliphatic rings. The van der Waals surface area contributed by atoms with Crippen molar-refractivity contribution in [2.24, 2.45) is 38.9 Å². The van der Waals surface area contributed by atoms with E-state index in [0.29, 0.717) is 21.7 Å². The number of allylic oxidation sites excluding steroid dienone is 3. The van der Waals surface area contributed by atoms with Crippen molar-refractivity contribution in [2.75, 3.05) is 0 Å². The second-order valence-electron chi connectivity index (χ2n) is 13.9. The van der Waals surface area contributed by atoms with Crippen LogP contribution in [-0.2, 0) is 0 Å². The number of fused-ring (bicyclic) bond motifs is 2. The molecule has 2 unspecified atom stereocenters. The van der Waals surface area contributed by atoms with E-state index in [-0.39, 0.29) is 11.5 Å². The summed E-state index contributed by atoms with van der Waals surface area (Å²) in [6.45, 7) is 18.9. The molecule has 1 N–H and O–H groups in total. The van der Waals surface area contributed by atoms with E-state index >= 15 is 0 Å². The summed E-state index contributed by atoms with van der Waals surface area (Å²) in [4.78, 5) is 0. The van der Waals surface area contributed by atoms with Gasteiger partial charge in [-0.3, -0.25) is 0 Å². The molecule has 174 valence electrons. The lowest BCUT2D eigenvalue weighted by atomic mass is 9.42. The van der Waals surface area contributed by atoms with Gasteiger partial charge in [0, 0.05) is 0 Å². The van der Waals surface area contributed by atoms with Crippen molar-refractivity contribution in [3.05, 3.63) is 23.3 Å². The second kappa shape index (κ2) is 6.74. The Morgan fingerprint density at radius 1 is 0.903 bits per heavy atom. The Balaban J connectivity index is 1.45. The van der Waals surface area contributed by atoms with Crippen molar-refractivity contribution in [3.63, 3.8) is 0 Å². The van der Waals surface area contributed by atoms with Crippen LogP contribution in [0.1, 0.15) is 119 Å². The lowest BCUT2D eigenvalue weighted by molar-refractivity contribution is -0.148. The van der Waals surface area contributed by atoms with Gasteiger partial charge in [-0.2, -0.15) is 0 Å². The average Bonchev–Trinajstić information content (AvgIpc) is 3.27. The molecule has 7 atom stereocenters. The van der Waals surface area contributed by atoms with Crippen LogP contribution in [0.25, 0.3) is 0 Å². The van der Waals surface area contributed by atoms with Gasteiger partial charge in [0.1, 0.15) is 0 Å². The predicted octanol–water partition coefficient (Wildman–Crippen LogP) is 8.23. The molecule has 5 fully saturated rings. The molecule has 0 bridgehead atoms. The average molecular weight is 425 g/mol. The van der Waals surface area contributed by atoms with Crippen LogP contribution in [0.2, 0.25) is 0 Å². The van der Waals surface area contributed by atoms with Crippen LogP contribution in [0.5, 0.6) is 0 Å². The summed E-state index contributed by atoms with van der Waals surface area (Å²) in [5.41, 5.74) is 7.05. The van der Waals surface area contributed by atoms with Crippen molar-refractivity contribution >= 4 is 0 Å². The molecule has 0 aromatic heterocycles. The topological polar surface area (TPSA) is 20.2 Å². The number of hydrogen-bond acceptors (Lipinski definition) is 1. The molecule has 0 aliphatic heterocycles. The third kappa shape index (κ3) is 2.65. The maximum absolute atomic E-state index is 10.8. The highest BCUT2D eigenvalue weighted by Crippen LogP contribution is 2.88. The molecule has 0 saturated heterocycles. The normalized spacial score (nSPS) is 51.3. The highest BCUT2D eigenvalue weighted by Gasteiger charge is 2.81. The van der Waals surface area contributed by atoms with E-state index in [1.165, 1.54) is 76.2 Å². The summed E-state index contributed by atoms with van der Waals surface area (Å²) < 4.78 is 0. The minimum atomic E-state index is -0.0929. The maximum atomic E-state index is 10.8. The summed E-state index contributed by atoms with van der Waals surface area (Å²) >= 11 is 0. The van der Waals surface area contributed by atoms with Gasteiger partial charge >= 0.3 is 0 Å². The van der Waals surface area contributed by atoms with Gasteiger partial charge in [0.05, 0.1) is 6.10 Å². The first-order valence-corrected chi connectivity index (χ1v) is 13.5. The highest BCUT2D eigenvalue weighted by molar-refractivity contribution is 5.37. The number of rotatable bonds is 4. The number of hydrogen-bond donors (Lipinski definition) is 1. The van der Waals surface area contributed by atoms with Crippen molar-refractivity contribution in [3.8, 4) is 0 Å². The molecule has 1 nitrogen and oxygen atoms in total. The zero-order chi connectivity index (χ0) is 22.4. The van der Waals surface area contributed by atoms with Crippen molar-refractivity contribution in [1.82, 2.24) is 0 Å². The highest BCUT2D eigenvalue weighted by atomic mass is 16.3. The molecule has 5 saturated carbocycles. The summed E-state index contributed by atoms with van der Waals surface area (Å²) in [5.74, 6) is 1.65. The Bertz CT molecular complexity index is 818. The van der Waals surface area contributed by atoms with Crippen molar-refractivity contribution < 1.29 is 5.11 Å². The zero-order valence-electron chi connectivity index (χ0n) is 21.4. The van der Waals surface area contributed by atoms with Gasteiger partial charge < -0.3 is 5.11 Å². The maximum Gasteiger partial charge on any atom is 0.0594 e. The quantitative estimate of drug-likeness (QED) is 0.450. The van der Waals surface area contributed by atoms with Crippen LogP contribution in [-0.4, -0.2) is 11.2 Å². The van der Waals surface area contributed by atoms with Gasteiger partial charge in [-0.15, -0.1) is 6.58 Å². The van der Waals surface area contributed by atoms with E-state index in [2.05, 4.69) is 48.1 Å². The Morgan fingerprint density at radius 3 is 2.29 bits per heavy atom. The Kier molecular flexibility index (Phi) is 4.84. The molecule has 5 aliphatic carbocycles. The lowest BCUT2D eigenvalue weighted by Gasteiger charge is -2.62. The lowest BCUT2D eigenvalue weighted by Crippen LogP contribution is -2.56. The van der Waals surface area contributed by atoms with Crippen LogP contribution < -0.4 is 0 Å². The van der Waals surface area contributed by atoms with E-state index < -0.39 is 0 Å². The third-order valence-electron chi connectivity index (χ3n) is 12.5. The van der Waals surface area contributed by atoms with Gasteiger partial charge in [-0.1, -0.05) is 44.4 Å². The molecule has 0 aromatic rings. The second-order valence-corrected chi connectivity index (χ2v) is 13.9. The minimum Gasteiger partial charge on any atom is -0.393 e. The first-order valence-electron chi connectivity index (χ1n) is 13.5. The van der Waals surface area contributed by atoms with Crippen molar-refractivity contribution in [2.45, 2.75) is 125 Å². The molecule has 1 heteroatoms. The largest absolute Gasteiger partial charge is 0.393 e. The van der Waals surface area contributed by atoms with E-state index in [0.717, 1.165) is 18.3 Å². The molecule has 31 heavy (non-hydrogen) atoms. The summed E-state index contributed by atoms with van der Waals surface area (Å²) in [7, 11) is 0. The van der Waals surface area contributed by atoms with Crippen LogP contribution >= 0.6 is 0 Å². The first-order chi connectivity index (χ1) is 14.4. The Labute approximate surface area is 192 Å². The first kappa shape index (κ1) is 22.2. The van der Waals surface area contributed by atoms with E-state index in [9.17, 15) is 5.11 Å². The van der Waals surface area contributed by atoms with Crippen LogP contribution in [0.3, 0.4) is 0 Å². The summed E-state index contributed by atoms with van der Waals surface area (Å²) in [6.07, 6.45) is 15.8. The van der Waals surface area contributed by atoms with Gasteiger partial charge in [0.25, 0.3) is 0 Å². The van der Waals surface area contributed by atoms with Gasteiger partial charge in [-0.05, 0) is 130 Å². The predicted molar refractivity (Wildman–Crippen MR) is 131 cm³/mol. The molecule has 0 heterocycles. The SMILES string of the molecule is C=C(C)CCC/C(C)=C1\CC[C@@]2(C)C3CCC4C(C)(C)[C@@H](O)CC[C@@]45C[C@@]35CC[C@]12C. The van der Waals surface area contributed by atoms with E-state index in [1.807, 2.05) is 5.57 Å². The van der Waals surface area contributed by atoms with Gasteiger partial charge in [-0.25, -0.2) is 0 Å². The van der Waals surface area contributed by atoms with Crippen LogP contribution in [0, 0.1) is 38.9 Å². The smallest absolute Gasteiger partial charge is 0.0594 e. The number of aliphatic hydroxyl groups is 1. The Hall–Kier alpha value is -0.560. The van der Waals surface area contributed by atoms with E-state index in [1.54, 1.807) is 5.57 Å². The minimum absolute atomic E-state index is 0.0929. The monoisotopic (exact) mass is 424 g/mol. The molecule has 0 aromatic carbocycles. The standard InChI is InChI=1S/C30H48O/c1-20(2)9-8-10-21(3)22-13-15-28(7)24-12-11-23-26(4,5)25(31)14-16-29(23)19-30(24,29)18-17-27(22,28)6/h23-25,31H,1,8-19H2,2-7H3/b22-21+/t23?,24?,25-,27+,28-,29+,30-/m0/s1. The molecule has 0 amide bonds. The summed E-state index contributed by atoms with van der Waals surface area (Å²) in [5, 5.41) is 10.8. The fourth-order valence-electron chi connectivity index (χ4n) is 10.6. The molecule has 5 rings (SSSR count). The van der Waals surface area contributed by atoms with Crippen LogP contribution in [0.4, 0.5) is 0 Å².